The Labute approximate surface area is 183 Å². The molecule has 0 radical (unpaired) electrons. The molecule has 0 saturated carbocycles. The molecule has 1 unspecified atom stereocenters. The Balaban J connectivity index is 1.59. The number of benzene rings is 1. The fourth-order valence-corrected chi connectivity index (χ4v) is 4.13. The summed E-state index contributed by atoms with van der Waals surface area (Å²) in [5.74, 6) is 2.56. The van der Waals surface area contributed by atoms with Gasteiger partial charge in [-0.25, -0.2) is 0 Å². The topological polar surface area (TPSA) is 72.2 Å². The van der Waals surface area contributed by atoms with Crippen LogP contribution in [0.15, 0.2) is 28.7 Å². The second kappa shape index (κ2) is 9.90. The molecular formula is C24H32N2O5. The molecule has 1 aliphatic rings. The van der Waals surface area contributed by atoms with E-state index in [2.05, 4.69) is 0 Å². The van der Waals surface area contributed by atoms with Crippen LogP contribution in [-0.2, 0) is 11.2 Å². The third-order valence-corrected chi connectivity index (χ3v) is 5.89. The van der Waals surface area contributed by atoms with Crippen molar-refractivity contribution in [1.82, 2.24) is 9.80 Å². The molecule has 0 spiro atoms. The second-order valence-corrected chi connectivity index (χ2v) is 8.12. The third kappa shape index (κ3) is 5.21. The van der Waals surface area contributed by atoms with Crippen LogP contribution >= 0.6 is 0 Å². The molecule has 0 N–H and O–H groups in total. The van der Waals surface area contributed by atoms with Gasteiger partial charge in [-0.1, -0.05) is 6.07 Å². The molecule has 31 heavy (non-hydrogen) atoms. The third-order valence-electron chi connectivity index (χ3n) is 5.89. The van der Waals surface area contributed by atoms with Gasteiger partial charge in [0, 0.05) is 26.7 Å². The zero-order chi connectivity index (χ0) is 22.5. The standard InChI is InChI=1S/C24H32N2O5/c1-16-13-20(17(2)31-16)24(28)26-11-6-7-19(15-26)23(27)25(3)12-10-18-8-9-21(29-4)22(14-18)30-5/h8-9,13-14,19H,6-7,10-12,15H2,1-5H3. The molecule has 7 heteroatoms. The van der Waals surface area contributed by atoms with Crippen LogP contribution in [-0.4, -0.2) is 62.5 Å². The van der Waals surface area contributed by atoms with Crippen molar-refractivity contribution in [1.29, 1.82) is 0 Å². The van der Waals surface area contributed by atoms with Gasteiger partial charge >= 0.3 is 0 Å². The molecule has 7 nitrogen and oxygen atoms in total. The van der Waals surface area contributed by atoms with Gasteiger partial charge in [0.1, 0.15) is 11.5 Å². The van der Waals surface area contributed by atoms with E-state index >= 15 is 0 Å². The lowest BCUT2D eigenvalue weighted by molar-refractivity contribution is -0.135. The molecule has 2 heterocycles. The van der Waals surface area contributed by atoms with E-state index in [1.54, 1.807) is 37.0 Å². The summed E-state index contributed by atoms with van der Waals surface area (Å²) < 4.78 is 16.1. The first kappa shape index (κ1) is 22.7. The largest absolute Gasteiger partial charge is 0.493 e. The van der Waals surface area contributed by atoms with Gasteiger partial charge in [-0.2, -0.15) is 0 Å². The van der Waals surface area contributed by atoms with Gasteiger partial charge in [-0.05, 0) is 56.9 Å². The zero-order valence-corrected chi connectivity index (χ0v) is 19.1. The summed E-state index contributed by atoms with van der Waals surface area (Å²) >= 11 is 0. The Bertz CT molecular complexity index is 936. The number of furan rings is 1. The highest BCUT2D eigenvalue weighted by Gasteiger charge is 2.31. The zero-order valence-electron chi connectivity index (χ0n) is 19.1. The minimum Gasteiger partial charge on any atom is -0.493 e. The van der Waals surface area contributed by atoms with Crippen molar-refractivity contribution < 1.29 is 23.5 Å². The van der Waals surface area contributed by atoms with E-state index in [1.807, 2.05) is 32.2 Å². The summed E-state index contributed by atoms with van der Waals surface area (Å²) in [5, 5.41) is 0. The number of hydrogen-bond donors (Lipinski definition) is 0. The van der Waals surface area contributed by atoms with Crippen LogP contribution in [0.25, 0.3) is 0 Å². The van der Waals surface area contributed by atoms with E-state index in [4.69, 9.17) is 13.9 Å². The number of amides is 2. The maximum Gasteiger partial charge on any atom is 0.257 e. The summed E-state index contributed by atoms with van der Waals surface area (Å²) in [4.78, 5) is 29.5. The fourth-order valence-electron chi connectivity index (χ4n) is 4.13. The average molecular weight is 429 g/mol. The Kier molecular flexibility index (Phi) is 7.25. The number of likely N-dealkylation sites (tertiary alicyclic amines) is 1. The van der Waals surface area contributed by atoms with Crippen LogP contribution in [0.2, 0.25) is 0 Å². The molecule has 1 aliphatic heterocycles. The molecule has 1 aromatic carbocycles. The first-order valence-electron chi connectivity index (χ1n) is 10.7. The lowest BCUT2D eigenvalue weighted by Gasteiger charge is -2.34. The number of carbonyl (C=O) groups excluding carboxylic acids is 2. The number of carbonyl (C=O) groups is 2. The normalized spacial score (nSPS) is 16.2. The number of aryl methyl sites for hydroxylation is 2. The Morgan fingerprint density at radius 2 is 1.90 bits per heavy atom. The molecule has 1 aromatic heterocycles. The van der Waals surface area contributed by atoms with Crippen LogP contribution in [0, 0.1) is 19.8 Å². The Hall–Kier alpha value is -2.96. The number of rotatable bonds is 7. The van der Waals surface area contributed by atoms with Crippen molar-refractivity contribution in [2.75, 3.05) is 40.9 Å². The Morgan fingerprint density at radius 3 is 2.55 bits per heavy atom. The molecule has 1 saturated heterocycles. The summed E-state index contributed by atoms with van der Waals surface area (Å²) in [7, 11) is 5.05. The summed E-state index contributed by atoms with van der Waals surface area (Å²) in [5.41, 5.74) is 1.66. The van der Waals surface area contributed by atoms with Gasteiger partial charge in [-0.15, -0.1) is 0 Å². The molecule has 168 valence electrons. The maximum absolute atomic E-state index is 13.0. The highest BCUT2D eigenvalue weighted by molar-refractivity contribution is 5.95. The van der Waals surface area contributed by atoms with E-state index in [1.165, 1.54) is 0 Å². The van der Waals surface area contributed by atoms with E-state index in [0.29, 0.717) is 48.9 Å². The van der Waals surface area contributed by atoms with Gasteiger partial charge in [0.25, 0.3) is 5.91 Å². The number of piperidine rings is 1. The number of nitrogens with zero attached hydrogens (tertiary/aromatic N) is 2. The van der Waals surface area contributed by atoms with E-state index in [0.717, 1.165) is 24.2 Å². The number of likely N-dealkylation sites (N-methyl/N-ethyl adjacent to an activating group) is 1. The lowest BCUT2D eigenvalue weighted by Crippen LogP contribution is -2.46. The SMILES string of the molecule is COc1ccc(CCN(C)C(=O)C2CCCN(C(=O)c3cc(C)oc3C)C2)cc1OC. The molecule has 1 fully saturated rings. The molecule has 0 bridgehead atoms. The van der Waals surface area contributed by atoms with Gasteiger partial charge in [0.15, 0.2) is 11.5 Å². The fraction of sp³-hybridized carbons (Fsp3) is 0.500. The van der Waals surface area contributed by atoms with Crippen molar-refractivity contribution in [3.63, 3.8) is 0 Å². The monoisotopic (exact) mass is 428 g/mol. The van der Waals surface area contributed by atoms with E-state index in [9.17, 15) is 9.59 Å². The molecule has 3 rings (SSSR count). The molecule has 0 aliphatic carbocycles. The van der Waals surface area contributed by atoms with Gasteiger partial charge in [-0.3, -0.25) is 9.59 Å². The quantitative estimate of drug-likeness (QED) is 0.675. The number of ether oxygens (including phenoxy) is 2. The number of methoxy groups -OCH3 is 2. The minimum atomic E-state index is -0.179. The predicted molar refractivity (Wildman–Crippen MR) is 118 cm³/mol. The summed E-state index contributed by atoms with van der Waals surface area (Å²) in [6.45, 7) is 5.34. The molecule has 2 aromatic rings. The molecule has 2 amide bonds. The van der Waals surface area contributed by atoms with Crippen LogP contribution in [0.3, 0.4) is 0 Å². The van der Waals surface area contributed by atoms with Crippen LogP contribution in [0.4, 0.5) is 0 Å². The van der Waals surface area contributed by atoms with Crippen molar-refractivity contribution in [2.45, 2.75) is 33.1 Å². The molecular weight excluding hydrogens is 396 g/mol. The van der Waals surface area contributed by atoms with Crippen molar-refractivity contribution in [3.8, 4) is 11.5 Å². The first-order valence-corrected chi connectivity index (χ1v) is 10.7. The first-order chi connectivity index (χ1) is 14.8. The summed E-state index contributed by atoms with van der Waals surface area (Å²) in [6, 6.07) is 7.57. The highest BCUT2D eigenvalue weighted by Crippen LogP contribution is 2.28. The predicted octanol–water partition coefficient (Wildman–Crippen LogP) is 3.47. The Morgan fingerprint density at radius 1 is 1.16 bits per heavy atom. The van der Waals surface area contributed by atoms with Crippen molar-refractivity contribution in [3.05, 3.63) is 46.9 Å². The van der Waals surface area contributed by atoms with E-state index in [-0.39, 0.29) is 17.7 Å². The minimum absolute atomic E-state index is 0.0557. The average Bonchev–Trinajstić information content (AvgIpc) is 3.13. The van der Waals surface area contributed by atoms with E-state index < -0.39 is 0 Å². The second-order valence-electron chi connectivity index (χ2n) is 8.12. The number of hydrogen-bond acceptors (Lipinski definition) is 5. The smallest absolute Gasteiger partial charge is 0.257 e. The van der Waals surface area contributed by atoms with Gasteiger partial charge < -0.3 is 23.7 Å². The van der Waals surface area contributed by atoms with Crippen LogP contribution < -0.4 is 9.47 Å². The molecule has 1 atom stereocenters. The van der Waals surface area contributed by atoms with Crippen LogP contribution in [0.1, 0.15) is 40.3 Å². The lowest BCUT2D eigenvalue weighted by atomic mass is 9.95. The summed E-state index contributed by atoms with van der Waals surface area (Å²) in [6.07, 6.45) is 2.33. The highest BCUT2D eigenvalue weighted by atomic mass is 16.5. The van der Waals surface area contributed by atoms with Crippen molar-refractivity contribution in [2.24, 2.45) is 5.92 Å². The maximum atomic E-state index is 13.0. The van der Waals surface area contributed by atoms with Crippen molar-refractivity contribution >= 4 is 11.8 Å². The van der Waals surface area contributed by atoms with Gasteiger partial charge in [0.2, 0.25) is 5.91 Å². The van der Waals surface area contributed by atoms with Crippen LogP contribution in [0.5, 0.6) is 11.5 Å². The van der Waals surface area contributed by atoms with Gasteiger partial charge in [0.05, 0.1) is 25.7 Å².